The van der Waals surface area contributed by atoms with Crippen molar-refractivity contribution in [1.29, 1.82) is 0 Å². The second-order valence-corrected chi connectivity index (χ2v) is 6.68. The van der Waals surface area contributed by atoms with Gasteiger partial charge in [-0.25, -0.2) is 4.99 Å². The van der Waals surface area contributed by atoms with Gasteiger partial charge in [0.05, 0.1) is 18.7 Å². The zero-order valence-corrected chi connectivity index (χ0v) is 15.1. The van der Waals surface area contributed by atoms with E-state index in [1.54, 1.807) is 48.5 Å². The summed E-state index contributed by atoms with van der Waals surface area (Å²) < 4.78 is 5.97. The number of carbonyl (C=O) groups is 1. The monoisotopic (exact) mass is 380 g/mol. The van der Waals surface area contributed by atoms with E-state index >= 15 is 0 Å². The maximum Gasteiger partial charge on any atom is 0.229 e. The molecule has 0 saturated carbocycles. The predicted molar refractivity (Wildman–Crippen MR) is 102 cm³/mol. The van der Waals surface area contributed by atoms with E-state index in [1.165, 1.54) is 0 Å². The summed E-state index contributed by atoms with van der Waals surface area (Å²) in [4.78, 5) is 17.6. The molecule has 1 fully saturated rings. The van der Waals surface area contributed by atoms with E-state index in [1.807, 2.05) is 4.90 Å². The Labute approximate surface area is 161 Å². The molecule has 0 bridgehead atoms. The summed E-state index contributed by atoms with van der Waals surface area (Å²) in [5.74, 6) is 0.331. The van der Waals surface area contributed by atoms with Gasteiger partial charge in [-0.2, -0.15) is 0 Å². The number of para-hydroxylation sites is 2. The van der Waals surface area contributed by atoms with Crippen molar-refractivity contribution >= 4 is 12.1 Å². The summed E-state index contributed by atoms with van der Waals surface area (Å²) in [5.41, 5.74) is -0.393. The summed E-state index contributed by atoms with van der Waals surface area (Å²) >= 11 is 0. The van der Waals surface area contributed by atoms with Crippen molar-refractivity contribution in [2.75, 3.05) is 26.2 Å². The van der Waals surface area contributed by atoms with Crippen LogP contribution >= 0.6 is 0 Å². The molecule has 0 amide bonds. The van der Waals surface area contributed by atoms with Crippen molar-refractivity contribution in [1.82, 2.24) is 4.90 Å². The van der Waals surface area contributed by atoms with Crippen molar-refractivity contribution in [2.24, 2.45) is 15.2 Å². The standard InChI is InChI=1S/C20H20N4O4/c25-11-9-24-10-12-28-18(13-24)20(15-6-2-4-8-17(15)27)21-19(22-23-20)14-5-1-3-7-16(14)26/h1-8,11,18,26-27H,9-10,12-13H2. The fraction of sp³-hybridized carbons (Fsp3) is 0.300. The number of hydrogen-bond donors (Lipinski definition) is 2. The Hall–Kier alpha value is -3.10. The minimum absolute atomic E-state index is 0.0276. The number of aromatic hydroxyl groups is 2. The van der Waals surface area contributed by atoms with Gasteiger partial charge in [0, 0.05) is 18.7 Å². The lowest BCUT2D eigenvalue weighted by Crippen LogP contribution is -2.51. The highest BCUT2D eigenvalue weighted by Gasteiger charge is 2.48. The molecule has 2 N–H and O–H groups in total. The van der Waals surface area contributed by atoms with Crippen LogP contribution in [0, 0.1) is 0 Å². The number of phenolic OH excluding ortho intramolecular Hbond substituents is 2. The van der Waals surface area contributed by atoms with Gasteiger partial charge in [0.2, 0.25) is 5.66 Å². The first-order chi connectivity index (χ1) is 13.6. The highest BCUT2D eigenvalue weighted by Crippen LogP contribution is 2.43. The first-order valence-corrected chi connectivity index (χ1v) is 9.01. The number of aliphatic imine (C=N–C) groups is 1. The molecule has 8 nitrogen and oxygen atoms in total. The molecule has 2 aliphatic rings. The van der Waals surface area contributed by atoms with Crippen LogP contribution in [0.3, 0.4) is 0 Å². The molecular formula is C20H20N4O4. The SMILES string of the molecule is O=CCN1CCOC(C2(c3ccccc3O)N=NC(c3ccccc3O)=N2)C1. The smallest absolute Gasteiger partial charge is 0.229 e. The molecule has 8 heteroatoms. The van der Waals surface area contributed by atoms with Gasteiger partial charge in [-0.05, 0) is 18.2 Å². The number of phenols is 2. The Bertz CT molecular complexity index is 945. The molecule has 0 radical (unpaired) electrons. The third kappa shape index (κ3) is 3.17. The molecule has 2 atom stereocenters. The number of aldehydes is 1. The predicted octanol–water partition coefficient (Wildman–Crippen LogP) is 2.06. The maximum atomic E-state index is 11.0. The average molecular weight is 380 g/mol. The van der Waals surface area contributed by atoms with Crippen molar-refractivity contribution in [3.63, 3.8) is 0 Å². The van der Waals surface area contributed by atoms with Crippen LogP contribution in [0.2, 0.25) is 0 Å². The largest absolute Gasteiger partial charge is 0.507 e. The lowest BCUT2D eigenvalue weighted by Gasteiger charge is -2.38. The highest BCUT2D eigenvalue weighted by molar-refractivity contribution is 6.02. The van der Waals surface area contributed by atoms with Crippen molar-refractivity contribution < 1.29 is 19.7 Å². The quantitative estimate of drug-likeness (QED) is 0.772. The van der Waals surface area contributed by atoms with E-state index in [0.717, 1.165) is 6.29 Å². The summed E-state index contributed by atoms with van der Waals surface area (Å²) in [6.07, 6.45) is 0.295. The minimum Gasteiger partial charge on any atom is -0.507 e. The highest BCUT2D eigenvalue weighted by atomic mass is 16.5. The average Bonchev–Trinajstić information content (AvgIpc) is 3.15. The Morgan fingerprint density at radius 1 is 1.14 bits per heavy atom. The van der Waals surface area contributed by atoms with Crippen LogP contribution in [0.25, 0.3) is 0 Å². The third-order valence-corrected chi connectivity index (χ3v) is 4.95. The number of ether oxygens (including phenoxy) is 1. The van der Waals surface area contributed by atoms with E-state index in [0.29, 0.717) is 30.8 Å². The zero-order valence-electron chi connectivity index (χ0n) is 15.1. The number of morpholine rings is 1. The first-order valence-electron chi connectivity index (χ1n) is 9.01. The number of nitrogens with zero attached hydrogens (tertiary/aromatic N) is 4. The summed E-state index contributed by atoms with van der Waals surface area (Å²) in [5, 5.41) is 29.3. The topological polar surface area (TPSA) is 107 Å². The fourth-order valence-electron chi connectivity index (χ4n) is 3.53. The van der Waals surface area contributed by atoms with Crippen LogP contribution in [0.15, 0.2) is 63.8 Å². The maximum absolute atomic E-state index is 11.0. The number of carbonyl (C=O) groups excluding carboxylic acids is 1. The molecule has 0 aliphatic carbocycles. The normalized spacial score (nSPS) is 24.9. The van der Waals surface area contributed by atoms with Crippen LogP contribution in [-0.4, -0.2) is 59.6 Å². The second kappa shape index (κ2) is 7.49. The van der Waals surface area contributed by atoms with Crippen LogP contribution in [-0.2, 0) is 15.2 Å². The van der Waals surface area contributed by atoms with Gasteiger partial charge in [0.15, 0.2) is 5.84 Å². The molecule has 0 aromatic heterocycles. The Kier molecular flexibility index (Phi) is 4.89. The summed E-state index contributed by atoms with van der Waals surface area (Å²) in [6.45, 7) is 1.72. The summed E-state index contributed by atoms with van der Waals surface area (Å²) in [7, 11) is 0. The zero-order chi connectivity index (χ0) is 19.6. The molecule has 2 heterocycles. The first kappa shape index (κ1) is 18.3. The van der Waals surface area contributed by atoms with Crippen molar-refractivity contribution in [3.05, 3.63) is 59.7 Å². The molecular weight excluding hydrogens is 360 g/mol. The van der Waals surface area contributed by atoms with E-state index in [2.05, 4.69) is 10.2 Å². The summed E-state index contributed by atoms with van der Waals surface area (Å²) in [6, 6.07) is 13.5. The van der Waals surface area contributed by atoms with E-state index in [9.17, 15) is 15.0 Å². The van der Waals surface area contributed by atoms with Gasteiger partial charge >= 0.3 is 0 Å². The van der Waals surface area contributed by atoms with Gasteiger partial charge in [-0.1, -0.05) is 30.3 Å². The van der Waals surface area contributed by atoms with Crippen LogP contribution < -0.4 is 0 Å². The lowest BCUT2D eigenvalue weighted by molar-refractivity contribution is -0.112. The fourth-order valence-corrected chi connectivity index (χ4v) is 3.53. The lowest BCUT2D eigenvalue weighted by atomic mass is 9.92. The molecule has 4 rings (SSSR count). The van der Waals surface area contributed by atoms with Crippen LogP contribution in [0.5, 0.6) is 11.5 Å². The molecule has 2 unspecified atom stereocenters. The third-order valence-electron chi connectivity index (χ3n) is 4.95. The van der Waals surface area contributed by atoms with Gasteiger partial charge < -0.3 is 19.7 Å². The van der Waals surface area contributed by atoms with Crippen LogP contribution in [0.4, 0.5) is 0 Å². The molecule has 1 saturated heterocycles. The Morgan fingerprint density at radius 3 is 2.64 bits per heavy atom. The van der Waals surface area contributed by atoms with E-state index < -0.39 is 11.8 Å². The molecule has 144 valence electrons. The minimum atomic E-state index is -1.30. The molecule has 2 aliphatic heterocycles. The Balaban J connectivity index is 1.81. The number of hydrogen-bond acceptors (Lipinski definition) is 8. The number of benzene rings is 2. The van der Waals surface area contributed by atoms with Crippen LogP contribution in [0.1, 0.15) is 11.1 Å². The molecule has 28 heavy (non-hydrogen) atoms. The van der Waals surface area contributed by atoms with E-state index in [-0.39, 0.29) is 23.9 Å². The van der Waals surface area contributed by atoms with Crippen molar-refractivity contribution in [3.8, 4) is 11.5 Å². The number of azo groups is 1. The molecule has 2 aromatic carbocycles. The van der Waals surface area contributed by atoms with Gasteiger partial charge in [-0.15, -0.1) is 10.2 Å². The Morgan fingerprint density at radius 2 is 1.89 bits per heavy atom. The number of rotatable bonds is 5. The van der Waals surface area contributed by atoms with Gasteiger partial charge in [0.1, 0.15) is 23.9 Å². The van der Waals surface area contributed by atoms with Gasteiger partial charge in [-0.3, -0.25) is 4.90 Å². The number of amidine groups is 1. The van der Waals surface area contributed by atoms with Gasteiger partial charge in [0.25, 0.3) is 0 Å². The second-order valence-electron chi connectivity index (χ2n) is 6.68. The van der Waals surface area contributed by atoms with Crippen molar-refractivity contribution in [2.45, 2.75) is 11.8 Å². The van der Waals surface area contributed by atoms with E-state index in [4.69, 9.17) is 9.73 Å². The molecule has 2 aromatic rings. The molecule has 0 spiro atoms.